The summed E-state index contributed by atoms with van der Waals surface area (Å²) in [4.78, 5) is 17.4. The molecule has 0 atom stereocenters. The van der Waals surface area contributed by atoms with Crippen molar-refractivity contribution in [3.05, 3.63) is 83.1 Å². The third-order valence-electron chi connectivity index (χ3n) is 4.52. The van der Waals surface area contributed by atoms with Crippen molar-refractivity contribution in [3.8, 4) is 5.75 Å². The number of amides is 1. The first-order valence-corrected chi connectivity index (χ1v) is 9.03. The van der Waals surface area contributed by atoms with E-state index in [1.54, 1.807) is 25.1 Å². The number of hydrogen-bond acceptors (Lipinski definition) is 5. The summed E-state index contributed by atoms with van der Waals surface area (Å²) in [5.74, 6) is -0.416. The first-order valence-electron chi connectivity index (χ1n) is 9.03. The zero-order valence-electron chi connectivity index (χ0n) is 15.9. The lowest BCUT2D eigenvalue weighted by Gasteiger charge is -2.09. The molecule has 6 nitrogen and oxygen atoms in total. The van der Waals surface area contributed by atoms with Crippen molar-refractivity contribution in [2.45, 2.75) is 20.5 Å². The molecule has 0 bridgehead atoms. The minimum Gasteiger partial charge on any atom is -0.486 e. The molecule has 4 rings (SSSR count). The molecule has 4 aromatic rings. The maximum Gasteiger partial charge on any atom is 0.278 e. The summed E-state index contributed by atoms with van der Waals surface area (Å²) in [5, 5.41) is 7.61. The van der Waals surface area contributed by atoms with Crippen LogP contribution in [0.1, 0.15) is 27.5 Å². The highest BCUT2D eigenvalue weighted by Gasteiger charge is 2.21. The summed E-state index contributed by atoms with van der Waals surface area (Å²) >= 11 is 0. The molecular weight excluding hydrogens is 373 g/mol. The van der Waals surface area contributed by atoms with Crippen LogP contribution in [-0.4, -0.2) is 16.0 Å². The number of aromatic nitrogens is 2. The lowest BCUT2D eigenvalue weighted by Crippen LogP contribution is -2.16. The van der Waals surface area contributed by atoms with Crippen LogP contribution in [0.3, 0.4) is 0 Å². The number of hydrogen-bond donors (Lipinski definition) is 1. The molecular formula is C22H18FN3O3. The third-order valence-corrected chi connectivity index (χ3v) is 4.52. The van der Waals surface area contributed by atoms with E-state index in [-0.39, 0.29) is 18.1 Å². The second kappa shape index (κ2) is 7.71. The Balaban J connectivity index is 1.59. The van der Waals surface area contributed by atoms with Gasteiger partial charge >= 0.3 is 0 Å². The van der Waals surface area contributed by atoms with E-state index in [0.29, 0.717) is 22.5 Å². The summed E-state index contributed by atoms with van der Waals surface area (Å²) < 4.78 is 24.5. The number of rotatable bonds is 5. The molecule has 2 heterocycles. The van der Waals surface area contributed by atoms with E-state index in [9.17, 15) is 9.18 Å². The van der Waals surface area contributed by atoms with Gasteiger partial charge in [-0.25, -0.2) is 4.39 Å². The van der Waals surface area contributed by atoms with Crippen LogP contribution in [0.5, 0.6) is 5.75 Å². The van der Waals surface area contributed by atoms with Gasteiger partial charge < -0.3 is 14.6 Å². The van der Waals surface area contributed by atoms with E-state index in [1.165, 1.54) is 12.1 Å². The molecule has 0 fully saturated rings. The first-order chi connectivity index (χ1) is 14.0. The Morgan fingerprint density at radius 3 is 2.76 bits per heavy atom. The Bertz CT molecular complexity index is 1200. The molecule has 0 aliphatic heterocycles. The highest BCUT2D eigenvalue weighted by molar-refractivity contribution is 6.08. The molecule has 0 unspecified atom stereocenters. The number of halogens is 1. The third kappa shape index (κ3) is 3.80. The quantitative estimate of drug-likeness (QED) is 0.528. The lowest BCUT2D eigenvalue weighted by atomic mass is 10.1. The first kappa shape index (κ1) is 18.6. The van der Waals surface area contributed by atoms with Crippen molar-refractivity contribution in [1.82, 2.24) is 10.1 Å². The Labute approximate surface area is 166 Å². The van der Waals surface area contributed by atoms with Gasteiger partial charge in [-0.05, 0) is 38.1 Å². The van der Waals surface area contributed by atoms with Crippen LogP contribution < -0.4 is 10.1 Å². The van der Waals surface area contributed by atoms with E-state index in [0.717, 1.165) is 11.1 Å². The number of para-hydroxylation sites is 2. The molecule has 2 aromatic heterocycles. The molecule has 0 aliphatic carbocycles. The highest BCUT2D eigenvalue weighted by Crippen LogP contribution is 2.24. The molecule has 0 aliphatic rings. The average molecular weight is 391 g/mol. The van der Waals surface area contributed by atoms with E-state index in [2.05, 4.69) is 15.5 Å². The van der Waals surface area contributed by atoms with Gasteiger partial charge in [-0.3, -0.25) is 9.78 Å². The van der Waals surface area contributed by atoms with Crippen LogP contribution in [0.15, 0.2) is 59.1 Å². The van der Waals surface area contributed by atoms with Gasteiger partial charge in [-0.1, -0.05) is 35.5 Å². The van der Waals surface area contributed by atoms with Crippen LogP contribution in [0.2, 0.25) is 0 Å². The molecule has 7 heteroatoms. The molecule has 29 heavy (non-hydrogen) atoms. The molecule has 0 radical (unpaired) electrons. The summed E-state index contributed by atoms with van der Waals surface area (Å²) in [6.45, 7) is 3.51. The fourth-order valence-corrected chi connectivity index (χ4v) is 2.98. The van der Waals surface area contributed by atoms with Crippen LogP contribution in [0.25, 0.3) is 10.9 Å². The Kier molecular flexibility index (Phi) is 4.95. The molecule has 1 amide bonds. The second-order valence-electron chi connectivity index (χ2n) is 6.57. The smallest absolute Gasteiger partial charge is 0.278 e. The average Bonchev–Trinajstić information content (AvgIpc) is 3.08. The minimum atomic E-state index is -0.482. The predicted molar refractivity (Wildman–Crippen MR) is 106 cm³/mol. The van der Waals surface area contributed by atoms with Crippen molar-refractivity contribution in [3.63, 3.8) is 0 Å². The number of benzene rings is 2. The van der Waals surface area contributed by atoms with Gasteiger partial charge in [0.2, 0.25) is 0 Å². The number of ether oxygens (including phenoxy) is 1. The van der Waals surface area contributed by atoms with E-state index in [4.69, 9.17) is 9.26 Å². The predicted octanol–water partition coefficient (Wildman–Crippen LogP) is 4.81. The van der Waals surface area contributed by atoms with Gasteiger partial charge in [0.15, 0.2) is 17.3 Å². The van der Waals surface area contributed by atoms with Crippen molar-refractivity contribution in [2.75, 3.05) is 5.32 Å². The maximum atomic E-state index is 13.8. The molecule has 0 saturated carbocycles. The fourth-order valence-electron chi connectivity index (χ4n) is 2.98. The van der Waals surface area contributed by atoms with E-state index < -0.39 is 11.7 Å². The van der Waals surface area contributed by atoms with Crippen LogP contribution >= 0.6 is 0 Å². The number of anilines is 1. The Morgan fingerprint density at radius 2 is 1.93 bits per heavy atom. The summed E-state index contributed by atoms with van der Waals surface area (Å²) in [6.07, 6.45) is 0. The minimum absolute atomic E-state index is 0.0497. The van der Waals surface area contributed by atoms with Crippen LogP contribution in [0.4, 0.5) is 10.1 Å². The monoisotopic (exact) mass is 391 g/mol. The topological polar surface area (TPSA) is 77.2 Å². The zero-order valence-corrected chi connectivity index (χ0v) is 15.9. The number of fused-ring (bicyclic) bond motifs is 1. The summed E-state index contributed by atoms with van der Waals surface area (Å²) in [6, 6.07) is 15.5. The van der Waals surface area contributed by atoms with Crippen molar-refractivity contribution < 1.29 is 18.4 Å². The standard InChI is InChI=1S/C22H18FN3O3/c1-13-10-11-15-6-5-8-18(20(15)24-13)25-22(27)21-16(14(2)29-26-21)12-28-19-9-4-3-7-17(19)23/h3-11H,12H2,1-2H3,(H,25,27). The van der Waals surface area contributed by atoms with Gasteiger partial charge in [-0.15, -0.1) is 0 Å². The van der Waals surface area contributed by atoms with Gasteiger partial charge in [0.1, 0.15) is 12.4 Å². The van der Waals surface area contributed by atoms with Crippen LogP contribution in [-0.2, 0) is 6.61 Å². The second-order valence-corrected chi connectivity index (χ2v) is 6.57. The number of aryl methyl sites for hydroxylation is 2. The van der Waals surface area contributed by atoms with Gasteiger partial charge in [-0.2, -0.15) is 0 Å². The SMILES string of the molecule is Cc1ccc2cccc(NC(=O)c3noc(C)c3COc3ccccc3F)c2n1. The number of nitrogens with zero attached hydrogens (tertiary/aromatic N) is 2. The summed E-state index contributed by atoms with van der Waals surface area (Å²) in [7, 11) is 0. The zero-order chi connectivity index (χ0) is 20.4. The Morgan fingerprint density at radius 1 is 1.10 bits per heavy atom. The van der Waals surface area contributed by atoms with Crippen molar-refractivity contribution >= 4 is 22.5 Å². The number of pyridine rings is 1. The Hall–Kier alpha value is -3.74. The van der Waals surface area contributed by atoms with Gasteiger partial charge in [0, 0.05) is 11.1 Å². The van der Waals surface area contributed by atoms with Crippen molar-refractivity contribution in [1.29, 1.82) is 0 Å². The van der Waals surface area contributed by atoms with Gasteiger partial charge in [0.25, 0.3) is 5.91 Å². The van der Waals surface area contributed by atoms with E-state index >= 15 is 0 Å². The fraction of sp³-hybridized carbons (Fsp3) is 0.136. The molecule has 0 spiro atoms. The van der Waals surface area contributed by atoms with Crippen LogP contribution in [0, 0.1) is 19.7 Å². The number of carbonyl (C=O) groups excluding carboxylic acids is 1. The van der Waals surface area contributed by atoms with Crippen molar-refractivity contribution in [2.24, 2.45) is 0 Å². The number of carbonyl (C=O) groups is 1. The molecule has 1 N–H and O–H groups in total. The molecule has 2 aromatic carbocycles. The lowest BCUT2D eigenvalue weighted by molar-refractivity contribution is 0.101. The van der Waals surface area contributed by atoms with Gasteiger partial charge in [0.05, 0.1) is 16.8 Å². The molecule has 146 valence electrons. The molecule has 0 saturated heterocycles. The normalized spacial score (nSPS) is 10.9. The highest BCUT2D eigenvalue weighted by atomic mass is 19.1. The largest absolute Gasteiger partial charge is 0.486 e. The summed E-state index contributed by atoms with van der Waals surface area (Å²) in [5.41, 5.74) is 2.64. The number of nitrogens with one attached hydrogen (secondary N) is 1. The maximum absolute atomic E-state index is 13.8. The van der Waals surface area contributed by atoms with E-state index in [1.807, 2.05) is 31.2 Å².